The average Bonchev–Trinajstić information content (AvgIpc) is 2.26. The number of nitrogens with two attached hydrogens (primary N) is 1. The normalized spacial score (nSPS) is 23.1. The van der Waals surface area contributed by atoms with Gasteiger partial charge in [0.25, 0.3) is 0 Å². The topological polar surface area (TPSA) is 59.3 Å². The molecule has 1 heterocycles. The van der Waals surface area contributed by atoms with Crippen molar-refractivity contribution >= 4 is 11.4 Å². The molecule has 0 spiro atoms. The summed E-state index contributed by atoms with van der Waals surface area (Å²) < 4.78 is 5.94. The summed E-state index contributed by atoms with van der Waals surface area (Å²) in [4.78, 5) is 0. The number of rotatable bonds is 3. The molecule has 0 saturated heterocycles. The SMILES string of the molecule is CNCCC1Oc2ccc(N)cc2NC1C. The lowest BCUT2D eigenvalue weighted by Crippen LogP contribution is -2.40. The molecular formula is C12H19N3O. The van der Waals surface area contributed by atoms with Crippen molar-refractivity contribution in [1.29, 1.82) is 0 Å². The molecule has 0 radical (unpaired) electrons. The fourth-order valence-electron chi connectivity index (χ4n) is 1.96. The minimum atomic E-state index is 0.212. The van der Waals surface area contributed by atoms with E-state index in [1.807, 2.05) is 25.2 Å². The molecule has 2 atom stereocenters. The fourth-order valence-corrected chi connectivity index (χ4v) is 1.96. The molecule has 0 bridgehead atoms. The predicted molar refractivity (Wildman–Crippen MR) is 66.9 cm³/mol. The third-order valence-corrected chi connectivity index (χ3v) is 2.90. The summed E-state index contributed by atoms with van der Waals surface area (Å²) >= 11 is 0. The second-order valence-corrected chi connectivity index (χ2v) is 4.24. The van der Waals surface area contributed by atoms with Crippen LogP contribution < -0.4 is 21.1 Å². The maximum absolute atomic E-state index is 5.94. The lowest BCUT2D eigenvalue weighted by molar-refractivity contribution is 0.165. The van der Waals surface area contributed by atoms with E-state index in [0.717, 1.165) is 30.1 Å². The summed E-state index contributed by atoms with van der Waals surface area (Å²) in [6.07, 6.45) is 1.21. The van der Waals surface area contributed by atoms with E-state index >= 15 is 0 Å². The Morgan fingerprint density at radius 1 is 1.50 bits per heavy atom. The van der Waals surface area contributed by atoms with E-state index in [4.69, 9.17) is 10.5 Å². The predicted octanol–water partition coefficient (Wildman–Crippen LogP) is 1.44. The maximum Gasteiger partial charge on any atom is 0.143 e. The van der Waals surface area contributed by atoms with E-state index in [2.05, 4.69) is 17.6 Å². The molecule has 16 heavy (non-hydrogen) atoms. The highest BCUT2D eigenvalue weighted by molar-refractivity contribution is 5.65. The molecular weight excluding hydrogens is 202 g/mol. The first-order valence-corrected chi connectivity index (χ1v) is 5.68. The quantitative estimate of drug-likeness (QED) is 0.676. The zero-order valence-corrected chi connectivity index (χ0v) is 9.79. The third-order valence-electron chi connectivity index (χ3n) is 2.90. The molecule has 4 heteroatoms. The minimum absolute atomic E-state index is 0.212. The van der Waals surface area contributed by atoms with Crippen LogP contribution in [0.5, 0.6) is 5.75 Å². The second kappa shape index (κ2) is 4.61. The van der Waals surface area contributed by atoms with Crippen LogP contribution in [0.1, 0.15) is 13.3 Å². The summed E-state index contributed by atoms with van der Waals surface area (Å²) in [5.41, 5.74) is 7.49. The number of hydrogen-bond donors (Lipinski definition) is 3. The van der Waals surface area contributed by atoms with Gasteiger partial charge in [-0.15, -0.1) is 0 Å². The average molecular weight is 221 g/mol. The lowest BCUT2D eigenvalue weighted by atomic mass is 10.1. The molecule has 88 valence electrons. The number of nitrogen functional groups attached to an aromatic ring is 1. The van der Waals surface area contributed by atoms with E-state index in [1.165, 1.54) is 0 Å². The Hall–Kier alpha value is -1.42. The molecule has 0 saturated carbocycles. The molecule has 1 aromatic rings. The minimum Gasteiger partial charge on any atom is -0.486 e. The molecule has 2 rings (SSSR count). The van der Waals surface area contributed by atoms with E-state index in [9.17, 15) is 0 Å². The van der Waals surface area contributed by atoms with Crippen LogP contribution in [-0.4, -0.2) is 25.7 Å². The van der Waals surface area contributed by atoms with Crippen LogP contribution in [0.25, 0.3) is 0 Å². The zero-order chi connectivity index (χ0) is 11.5. The Balaban J connectivity index is 2.12. The van der Waals surface area contributed by atoms with Gasteiger partial charge in [0.1, 0.15) is 11.9 Å². The van der Waals surface area contributed by atoms with Gasteiger partial charge in [0.05, 0.1) is 11.7 Å². The first-order valence-electron chi connectivity index (χ1n) is 5.68. The number of ether oxygens (including phenoxy) is 1. The van der Waals surface area contributed by atoms with Gasteiger partial charge in [0, 0.05) is 5.69 Å². The van der Waals surface area contributed by atoms with Gasteiger partial charge in [0.15, 0.2) is 0 Å². The van der Waals surface area contributed by atoms with Crippen LogP contribution in [0.2, 0.25) is 0 Å². The Bertz CT molecular complexity index is 367. The summed E-state index contributed by atoms with van der Waals surface area (Å²) in [5.74, 6) is 0.897. The van der Waals surface area contributed by atoms with E-state index in [-0.39, 0.29) is 6.10 Å². The van der Waals surface area contributed by atoms with Gasteiger partial charge in [-0.3, -0.25) is 0 Å². The van der Waals surface area contributed by atoms with Crippen molar-refractivity contribution in [3.63, 3.8) is 0 Å². The maximum atomic E-state index is 5.94. The van der Waals surface area contributed by atoms with Gasteiger partial charge in [-0.2, -0.15) is 0 Å². The number of hydrogen-bond acceptors (Lipinski definition) is 4. The number of anilines is 2. The van der Waals surface area contributed by atoms with Gasteiger partial charge in [-0.05, 0) is 45.1 Å². The fraction of sp³-hybridized carbons (Fsp3) is 0.500. The van der Waals surface area contributed by atoms with Crippen LogP contribution in [0.15, 0.2) is 18.2 Å². The Kier molecular flexibility index (Phi) is 3.19. The van der Waals surface area contributed by atoms with Crippen LogP contribution in [0, 0.1) is 0 Å². The Morgan fingerprint density at radius 2 is 2.31 bits per heavy atom. The summed E-state index contributed by atoms with van der Waals surface area (Å²) in [6, 6.07) is 6.02. The molecule has 0 aromatic heterocycles. The molecule has 0 fully saturated rings. The van der Waals surface area contributed by atoms with Gasteiger partial charge in [-0.1, -0.05) is 0 Å². The Morgan fingerprint density at radius 3 is 3.06 bits per heavy atom. The standard InChI is InChI=1S/C12H19N3O/c1-8-11(5-6-14-2)16-12-4-3-9(13)7-10(12)15-8/h3-4,7-8,11,14-15H,5-6,13H2,1-2H3. The van der Waals surface area contributed by atoms with Gasteiger partial charge in [0.2, 0.25) is 0 Å². The number of fused-ring (bicyclic) bond motifs is 1. The lowest BCUT2D eigenvalue weighted by Gasteiger charge is -2.33. The smallest absolute Gasteiger partial charge is 0.143 e. The monoisotopic (exact) mass is 221 g/mol. The van der Waals surface area contributed by atoms with Gasteiger partial charge < -0.3 is 21.1 Å². The van der Waals surface area contributed by atoms with E-state index < -0.39 is 0 Å². The first-order chi connectivity index (χ1) is 7.70. The first kappa shape index (κ1) is 11.1. The Labute approximate surface area is 96.2 Å². The number of nitrogens with one attached hydrogen (secondary N) is 2. The molecule has 4 N–H and O–H groups in total. The number of benzene rings is 1. The summed E-state index contributed by atoms with van der Waals surface area (Å²) in [6.45, 7) is 3.09. The molecule has 1 aromatic carbocycles. The molecule has 1 aliphatic rings. The summed E-state index contributed by atoms with van der Waals surface area (Å²) in [5, 5.41) is 6.57. The van der Waals surface area contributed by atoms with E-state index in [1.54, 1.807) is 0 Å². The largest absolute Gasteiger partial charge is 0.486 e. The van der Waals surface area contributed by atoms with Crippen molar-refractivity contribution in [1.82, 2.24) is 5.32 Å². The van der Waals surface area contributed by atoms with E-state index in [0.29, 0.717) is 6.04 Å². The highest BCUT2D eigenvalue weighted by atomic mass is 16.5. The van der Waals surface area contributed by atoms with Crippen LogP contribution in [-0.2, 0) is 0 Å². The second-order valence-electron chi connectivity index (χ2n) is 4.24. The van der Waals surface area contributed by atoms with Crippen molar-refractivity contribution < 1.29 is 4.74 Å². The highest BCUT2D eigenvalue weighted by Gasteiger charge is 2.25. The van der Waals surface area contributed by atoms with Crippen molar-refractivity contribution in [2.75, 3.05) is 24.6 Å². The molecule has 2 unspecified atom stereocenters. The molecule has 1 aliphatic heterocycles. The van der Waals surface area contributed by atoms with Gasteiger partial charge >= 0.3 is 0 Å². The molecule has 0 amide bonds. The van der Waals surface area contributed by atoms with Crippen molar-refractivity contribution in [2.45, 2.75) is 25.5 Å². The highest BCUT2D eigenvalue weighted by Crippen LogP contribution is 2.33. The third kappa shape index (κ3) is 2.22. The van der Waals surface area contributed by atoms with Crippen LogP contribution in [0.4, 0.5) is 11.4 Å². The molecule has 4 nitrogen and oxygen atoms in total. The van der Waals surface area contributed by atoms with Crippen LogP contribution in [0.3, 0.4) is 0 Å². The zero-order valence-electron chi connectivity index (χ0n) is 9.79. The van der Waals surface area contributed by atoms with Crippen molar-refractivity contribution in [2.24, 2.45) is 0 Å². The molecule has 0 aliphatic carbocycles. The summed E-state index contributed by atoms with van der Waals surface area (Å²) in [7, 11) is 1.95. The van der Waals surface area contributed by atoms with Crippen LogP contribution >= 0.6 is 0 Å². The van der Waals surface area contributed by atoms with Crippen molar-refractivity contribution in [3.8, 4) is 5.75 Å². The van der Waals surface area contributed by atoms with Crippen molar-refractivity contribution in [3.05, 3.63) is 18.2 Å². The van der Waals surface area contributed by atoms with Gasteiger partial charge in [-0.25, -0.2) is 0 Å².